The first-order valence-electron chi connectivity index (χ1n) is 9.25. The van der Waals surface area contributed by atoms with Crippen LogP contribution in [-0.4, -0.2) is 47.2 Å². The fraction of sp³-hybridized carbons (Fsp3) is 0.143. The Morgan fingerprint density at radius 3 is 2.90 bits per heavy atom. The summed E-state index contributed by atoms with van der Waals surface area (Å²) in [7, 11) is 0. The molecule has 0 spiro atoms. The van der Waals surface area contributed by atoms with E-state index in [4.69, 9.17) is 0 Å². The summed E-state index contributed by atoms with van der Waals surface area (Å²) in [6.07, 6.45) is 3.14. The maximum Gasteiger partial charge on any atom is 0.246 e. The molecule has 8 heteroatoms. The lowest BCUT2D eigenvalue weighted by molar-refractivity contribution is -0.127. The molecule has 0 saturated heterocycles. The maximum atomic E-state index is 11.9. The number of amides is 1. The minimum Gasteiger partial charge on any atom is -0.507 e. The number of fused-ring (bicyclic) bond motifs is 2. The highest BCUT2D eigenvalue weighted by Gasteiger charge is 2.23. The topological polar surface area (TPSA) is 99.9 Å². The number of phenols is 1. The smallest absolute Gasteiger partial charge is 0.246 e. The number of aromatic hydroxyl groups is 1. The number of hydrogen-bond donors (Lipinski definition) is 2. The molecule has 0 unspecified atom stereocenters. The number of benzene rings is 1. The van der Waals surface area contributed by atoms with Crippen LogP contribution in [0.2, 0.25) is 0 Å². The van der Waals surface area contributed by atoms with E-state index in [-0.39, 0.29) is 11.7 Å². The molecule has 2 N–H and O–H groups in total. The molecule has 0 radical (unpaired) electrons. The molecule has 8 nitrogen and oxygen atoms in total. The molecular weight excluding hydrogens is 368 g/mol. The Morgan fingerprint density at radius 1 is 1.21 bits per heavy atom. The molecule has 3 aromatic heterocycles. The van der Waals surface area contributed by atoms with Crippen molar-refractivity contribution in [3.8, 4) is 28.4 Å². The van der Waals surface area contributed by atoms with E-state index in [1.54, 1.807) is 23.2 Å². The monoisotopic (exact) mass is 386 g/mol. The van der Waals surface area contributed by atoms with Gasteiger partial charge < -0.3 is 19.6 Å². The molecule has 0 saturated carbocycles. The lowest BCUT2D eigenvalue weighted by atomic mass is 10.1. The largest absolute Gasteiger partial charge is 0.507 e. The van der Waals surface area contributed by atoms with E-state index >= 15 is 0 Å². The second kappa shape index (κ2) is 6.59. The number of imidazole rings is 1. The summed E-state index contributed by atoms with van der Waals surface area (Å²) >= 11 is 0. The second-order valence-electron chi connectivity index (χ2n) is 6.91. The first kappa shape index (κ1) is 17.2. The van der Waals surface area contributed by atoms with Crippen molar-refractivity contribution < 1.29 is 9.90 Å². The molecule has 144 valence electrons. The molecule has 1 aliphatic heterocycles. The molecule has 0 atom stereocenters. The molecule has 0 fully saturated rings. The van der Waals surface area contributed by atoms with Crippen LogP contribution in [0.1, 0.15) is 5.82 Å². The lowest BCUT2D eigenvalue weighted by Gasteiger charge is -2.27. The Bertz CT molecular complexity index is 1260. The van der Waals surface area contributed by atoms with Crippen LogP contribution >= 0.6 is 0 Å². The van der Waals surface area contributed by atoms with Crippen molar-refractivity contribution in [1.82, 2.24) is 29.6 Å². The third kappa shape index (κ3) is 2.85. The van der Waals surface area contributed by atoms with Crippen LogP contribution < -0.4 is 0 Å². The number of H-pyrrole nitrogens is 1. The van der Waals surface area contributed by atoms with Crippen LogP contribution in [0.25, 0.3) is 33.7 Å². The Hall–Kier alpha value is -3.94. The van der Waals surface area contributed by atoms with Crippen LogP contribution in [-0.2, 0) is 17.9 Å². The molecule has 4 aromatic rings. The molecule has 0 bridgehead atoms. The van der Waals surface area contributed by atoms with Gasteiger partial charge in [-0.1, -0.05) is 18.7 Å². The Labute approximate surface area is 166 Å². The van der Waals surface area contributed by atoms with Crippen molar-refractivity contribution in [2.45, 2.75) is 13.1 Å². The average molecular weight is 386 g/mol. The van der Waals surface area contributed by atoms with Gasteiger partial charge in [-0.15, -0.1) is 10.2 Å². The summed E-state index contributed by atoms with van der Waals surface area (Å²) in [5.74, 6) is 0.917. The zero-order valence-corrected chi connectivity index (χ0v) is 15.5. The highest BCUT2D eigenvalue weighted by atomic mass is 16.3. The highest BCUT2D eigenvalue weighted by Crippen LogP contribution is 2.30. The number of aromatic nitrogens is 5. The number of rotatable bonds is 3. The first-order chi connectivity index (χ1) is 14.1. The summed E-state index contributed by atoms with van der Waals surface area (Å²) in [6.45, 7) is 5.28. The Balaban J connectivity index is 1.51. The molecule has 5 rings (SSSR count). The summed E-state index contributed by atoms with van der Waals surface area (Å²) < 4.78 is 2.11. The van der Waals surface area contributed by atoms with Gasteiger partial charge in [0.1, 0.15) is 11.6 Å². The van der Waals surface area contributed by atoms with Crippen molar-refractivity contribution in [2.75, 3.05) is 6.54 Å². The van der Waals surface area contributed by atoms with Crippen molar-refractivity contribution in [2.24, 2.45) is 0 Å². The molecular formula is C21H18N6O2. The lowest BCUT2D eigenvalue weighted by Crippen LogP contribution is -2.37. The summed E-state index contributed by atoms with van der Waals surface area (Å²) in [4.78, 5) is 21.4. The summed E-state index contributed by atoms with van der Waals surface area (Å²) in [5.41, 5.74) is 3.72. The van der Waals surface area contributed by atoms with Gasteiger partial charge >= 0.3 is 0 Å². The van der Waals surface area contributed by atoms with Gasteiger partial charge in [0.2, 0.25) is 5.91 Å². The van der Waals surface area contributed by atoms with Gasteiger partial charge in [-0.2, -0.15) is 0 Å². The maximum absolute atomic E-state index is 11.9. The van der Waals surface area contributed by atoms with Gasteiger partial charge in [-0.3, -0.25) is 4.79 Å². The normalized spacial score (nSPS) is 13.4. The van der Waals surface area contributed by atoms with Crippen LogP contribution in [0.4, 0.5) is 0 Å². The Morgan fingerprint density at radius 2 is 2.07 bits per heavy atom. The average Bonchev–Trinajstić information content (AvgIpc) is 3.36. The van der Waals surface area contributed by atoms with E-state index in [9.17, 15) is 9.90 Å². The third-order valence-electron chi connectivity index (χ3n) is 5.18. The van der Waals surface area contributed by atoms with Crippen molar-refractivity contribution in [1.29, 1.82) is 0 Å². The van der Waals surface area contributed by atoms with E-state index in [1.807, 2.05) is 24.3 Å². The minimum atomic E-state index is -0.0848. The fourth-order valence-corrected chi connectivity index (χ4v) is 3.68. The molecule has 29 heavy (non-hydrogen) atoms. The highest BCUT2D eigenvalue weighted by molar-refractivity contribution is 5.87. The first-order valence-corrected chi connectivity index (χ1v) is 9.25. The van der Waals surface area contributed by atoms with Crippen molar-refractivity contribution in [3.05, 3.63) is 61.1 Å². The standard InChI is InChI=1S/C21H18N6O2/c1-2-20(29)26-7-8-27-17(11-22-19(27)12-26)16-10-13-9-15(24-25-21(13)23-16)14-5-3-4-6-18(14)28/h2-6,9-11,28H,1,7-8,12H2,(H,23,25). The number of carbonyl (C=O) groups is 1. The number of nitrogens with one attached hydrogen (secondary N) is 1. The third-order valence-corrected chi connectivity index (χ3v) is 5.18. The van der Waals surface area contributed by atoms with Crippen LogP contribution in [0.3, 0.4) is 0 Å². The van der Waals surface area contributed by atoms with Crippen molar-refractivity contribution in [3.63, 3.8) is 0 Å². The number of hydrogen-bond acceptors (Lipinski definition) is 5. The van der Waals surface area contributed by atoms with Crippen LogP contribution in [0.15, 0.2) is 55.3 Å². The number of nitrogens with zero attached hydrogens (tertiary/aromatic N) is 5. The van der Waals surface area contributed by atoms with Gasteiger partial charge in [0, 0.05) is 24.0 Å². The van der Waals surface area contributed by atoms with Gasteiger partial charge in [0.25, 0.3) is 0 Å². The van der Waals surface area contributed by atoms with Crippen LogP contribution in [0.5, 0.6) is 5.75 Å². The zero-order valence-electron chi connectivity index (χ0n) is 15.5. The molecule has 1 aliphatic rings. The zero-order chi connectivity index (χ0) is 20.0. The van der Waals surface area contributed by atoms with Gasteiger partial charge in [-0.05, 0) is 30.3 Å². The second-order valence-corrected chi connectivity index (χ2v) is 6.91. The van der Waals surface area contributed by atoms with E-state index in [0.717, 1.165) is 22.6 Å². The number of aromatic amines is 1. The van der Waals surface area contributed by atoms with E-state index in [2.05, 4.69) is 31.3 Å². The van der Waals surface area contributed by atoms with Gasteiger partial charge in [-0.25, -0.2) is 4.98 Å². The van der Waals surface area contributed by atoms with Crippen molar-refractivity contribution >= 4 is 16.9 Å². The fourth-order valence-electron chi connectivity index (χ4n) is 3.68. The Kier molecular flexibility index (Phi) is 3.90. The quantitative estimate of drug-likeness (QED) is 0.528. The van der Waals surface area contributed by atoms with Gasteiger partial charge in [0.05, 0.1) is 29.8 Å². The number of phenolic OH excluding ortho intramolecular Hbond substituents is 1. The minimum absolute atomic E-state index is 0.0848. The molecule has 1 aromatic carbocycles. The summed E-state index contributed by atoms with van der Waals surface area (Å²) in [5, 5.41) is 19.5. The molecule has 4 heterocycles. The van der Waals surface area contributed by atoms with E-state index in [0.29, 0.717) is 36.5 Å². The summed E-state index contributed by atoms with van der Waals surface area (Å²) in [6, 6.07) is 11.0. The van der Waals surface area contributed by atoms with E-state index in [1.165, 1.54) is 6.08 Å². The predicted molar refractivity (Wildman–Crippen MR) is 108 cm³/mol. The predicted octanol–water partition coefficient (Wildman–Crippen LogP) is 2.72. The van der Waals surface area contributed by atoms with Gasteiger partial charge in [0.15, 0.2) is 5.65 Å². The SMILES string of the molecule is C=CC(=O)N1CCn2c(-c3cc4cc(-c5ccccc5O)nnc4[nH]3)cnc2C1. The molecule has 0 aliphatic carbocycles. The molecule has 1 amide bonds. The number of carbonyl (C=O) groups excluding carboxylic acids is 1. The van der Waals surface area contributed by atoms with E-state index < -0.39 is 0 Å². The van der Waals surface area contributed by atoms with Crippen LogP contribution in [0, 0.1) is 0 Å². The number of para-hydroxylation sites is 1.